The number of carbonyl (C=O) groups is 1. The van der Waals surface area contributed by atoms with Crippen LogP contribution in [-0.2, 0) is 21.8 Å². The van der Waals surface area contributed by atoms with Crippen molar-refractivity contribution >= 4 is 40.4 Å². The normalized spacial score (nSPS) is 11.1. The van der Waals surface area contributed by atoms with Crippen LogP contribution in [0.15, 0.2) is 47.6 Å². The van der Waals surface area contributed by atoms with Crippen LogP contribution in [0.5, 0.6) is 0 Å². The minimum absolute atomic E-state index is 0.328. The van der Waals surface area contributed by atoms with Gasteiger partial charge in [-0.05, 0) is 50.1 Å². The number of fused-ring (bicyclic) bond motifs is 1. The number of aromatic nitrogens is 2. The number of rotatable bonds is 10. The molecule has 3 aromatic rings. The number of nitrogens with zero attached hydrogens (tertiary/aromatic N) is 2. The van der Waals surface area contributed by atoms with Crippen LogP contribution in [0, 0.1) is 0 Å². The number of thioether (sulfide) groups is 1. The minimum Gasteiger partial charge on any atom is -0.462 e. The molecule has 0 aliphatic heterocycles. The smallest absolute Gasteiger partial charge is 0.338 e. The van der Waals surface area contributed by atoms with Gasteiger partial charge in [0.05, 0.1) is 23.2 Å². The Morgan fingerprint density at radius 3 is 2.76 bits per heavy atom. The van der Waals surface area contributed by atoms with Crippen LogP contribution in [0.25, 0.3) is 11.0 Å². The third-order valence-electron chi connectivity index (χ3n) is 4.41. The molecule has 7 heteroatoms. The lowest BCUT2D eigenvalue weighted by molar-refractivity contribution is 0.0526. The second-order valence-corrected chi connectivity index (χ2v) is 7.75. The summed E-state index contributed by atoms with van der Waals surface area (Å²) in [5.74, 6) is 0.393. The van der Waals surface area contributed by atoms with Crippen LogP contribution in [-0.4, -0.2) is 35.3 Å². The fourth-order valence-electron chi connectivity index (χ4n) is 3.00. The van der Waals surface area contributed by atoms with Crippen molar-refractivity contribution in [1.82, 2.24) is 9.55 Å². The Morgan fingerprint density at radius 2 is 2.00 bits per heavy atom. The van der Waals surface area contributed by atoms with Gasteiger partial charge in [0.25, 0.3) is 0 Å². The molecule has 1 aromatic heterocycles. The summed E-state index contributed by atoms with van der Waals surface area (Å²) in [5.41, 5.74) is 3.37. The number of halogens is 1. The lowest BCUT2D eigenvalue weighted by Crippen LogP contribution is -2.05. The fourth-order valence-corrected chi connectivity index (χ4v) is 4.33. The van der Waals surface area contributed by atoms with E-state index in [9.17, 15) is 4.79 Å². The van der Waals surface area contributed by atoms with Crippen molar-refractivity contribution in [3.05, 3.63) is 58.6 Å². The average Bonchev–Trinajstić information content (AvgIpc) is 3.07. The first-order valence-corrected chi connectivity index (χ1v) is 11.1. The molecule has 5 nitrogen and oxygen atoms in total. The molecule has 0 spiro atoms. The lowest BCUT2D eigenvalue weighted by atomic mass is 10.2. The van der Waals surface area contributed by atoms with E-state index in [0.717, 1.165) is 45.5 Å². The summed E-state index contributed by atoms with van der Waals surface area (Å²) in [7, 11) is 0. The standard InChI is InChI=1S/C22H25ClN2O3S/c1-3-27-13-7-12-25-20-11-10-16(21(26)28-4-2)14-19(20)24-22(25)29-15-17-8-5-6-9-18(17)23/h5-6,8-11,14H,3-4,7,12-13,15H2,1-2H3. The van der Waals surface area contributed by atoms with Crippen LogP contribution in [0.1, 0.15) is 36.2 Å². The molecule has 0 radical (unpaired) electrons. The maximum atomic E-state index is 12.1. The van der Waals surface area contributed by atoms with Gasteiger partial charge in [-0.3, -0.25) is 0 Å². The number of hydrogen-bond acceptors (Lipinski definition) is 5. The van der Waals surface area contributed by atoms with Gasteiger partial charge in [-0.25, -0.2) is 9.78 Å². The first-order valence-electron chi connectivity index (χ1n) is 9.75. The van der Waals surface area contributed by atoms with Gasteiger partial charge >= 0.3 is 5.97 Å². The number of hydrogen-bond donors (Lipinski definition) is 0. The molecule has 1 heterocycles. The fraction of sp³-hybridized carbons (Fsp3) is 0.364. The summed E-state index contributed by atoms with van der Waals surface area (Å²) >= 11 is 7.94. The maximum Gasteiger partial charge on any atom is 0.338 e. The van der Waals surface area contributed by atoms with Crippen molar-refractivity contribution in [2.75, 3.05) is 19.8 Å². The van der Waals surface area contributed by atoms with Crippen LogP contribution in [0.3, 0.4) is 0 Å². The largest absolute Gasteiger partial charge is 0.462 e. The summed E-state index contributed by atoms with van der Waals surface area (Å²) in [6, 6.07) is 13.4. The molecule has 3 rings (SSSR count). The zero-order chi connectivity index (χ0) is 20.6. The number of aryl methyl sites for hydroxylation is 1. The zero-order valence-electron chi connectivity index (χ0n) is 16.7. The molecule has 0 unspecified atom stereocenters. The van der Waals surface area contributed by atoms with Crippen molar-refractivity contribution < 1.29 is 14.3 Å². The second kappa shape index (κ2) is 10.7. The van der Waals surface area contributed by atoms with Crippen LogP contribution in [0.2, 0.25) is 5.02 Å². The predicted molar refractivity (Wildman–Crippen MR) is 118 cm³/mol. The first-order chi connectivity index (χ1) is 14.1. The molecule has 0 N–H and O–H groups in total. The molecule has 0 fully saturated rings. The van der Waals surface area contributed by atoms with Crippen LogP contribution >= 0.6 is 23.4 Å². The van der Waals surface area contributed by atoms with E-state index in [1.807, 2.05) is 37.3 Å². The SMILES string of the molecule is CCOCCCn1c(SCc2ccccc2Cl)nc2cc(C(=O)OCC)ccc21. The van der Waals surface area contributed by atoms with Gasteiger partial charge in [0.2, 0.25) is 0 Å². The summed E-state index contributed by atoms with van der Waals surface area (Å²) < 4.78 is 12.8. The Balaban J connectivity index is 1.87. The highest BCUT2D eigenvalue weighted by molar-refractivity contribution is 7.98. The molecule has 0 aliphatic carbocycles. The number of carbonyl (C=O) groups excluding carboxylic acids is 1. The number of benzene rings is 2. The molecule has 29 heavy (non-hydrogen) atoms. The van der Waals surface area contributed by atoms with E-state index >= 15 is 0 Å². The highest BCUT2D eigenvalue weighted by atomic mass is 35.5. The zero-order valence-corrected chi connectivity index (χ0v) is 18.3. The molecule has 0 atom stereocenters. The van der Waals surface area contributed by atoms with Crippen molar-refractivity contribution in [1.29, 1.82) is 0 Å². The second-order valence-electron chi connectivity index (χ2n) is 6.40. The van der Waals surface area contributed by atoms with Crippen molar-refractivity contribution in [3.8, 4) is 0 Å². The summed E-state index contributed by atoms with van der Waals surface area (Å²) in [6.45, 7) is 6.34. The average molecular weight is 433 g/mol. The number of esters is 1. The summed E-state index contributed by atoms with van der Waals surface area (Å²) in [6.07, 6.45) is 0.887. The van der Waals surface area contributed by atoms with E-state index in [4.69, 9.17) is 26.1 Å². The molecular weight excluding hydrogens is 408 g/mol. The van der Waals surface area contributed by atoms with Gasteiger partial charge in [-0.1, -0.05) is 41.6 Å². The maximum absolute atomic E-state index is 12.1. The monoisotopic (exact) mass is 432 g/mol. The molecule has 0 saturated carbocycles. The van der Waals surface area contributed by atoms with E-state index in [0.29, 0.717) is 25.4 Å². The van der Waals surface area contributed by atoms with Gasteiger partial charge in [0.15, 0.2) is 5.16 Å². The van der Waals surface area contributed by atoms with Gasteiger partial charge in [0.1, 0.15) is 0 Å². The van der Waals surface area contributed by atoms with E-state index in [-0.39, 0.29) is 5.97 Å². The predicted octanol–water partition coefficient (Wildman–Crippen LogP) is 5.59. The Labute approximate surface area is 180 Å². The number of ether oxygens (including phenoxy) is 2. The van der Waals surface area contributed by atoms with E-state index in [1.165, 1.54) is 0 Å². The Morgan fingerprint density at radius 1 is 1.17 bits per heavy atom. The Hall–Kier alpha value is -2.02. The van der Waals surface area contributed by atoms with E-state index in [2.05, 4.69) is 4.57 Å². The van der Waals surface area contributed by atoms with Crippen molar-refractivity contribution in [2.24, 2.45) is 0 Å². The third-order valence-corrected chi connectivity index (χ3v) is 5.81. The van der Waals surface area contributed by atoms with Gasteiger partial charge in [0, 0.05) is 30.5 Å². The van der Waals surface area contributed by atoms with Gasteiger partial charge < -0.3 is 14.0 Å². The van der Waals surface area contributed by atoms with E-state index < -0.39 is 0 Å². The van der Waals surface area contributed by atoms with E-state index in [1.54, 1.807) is 30.8 Å². The molecule has 0 saturated heterocycles. The molecule has 0 amide bonds. The van der Waals surface area contributed by atoms with Gasteiger partial charge in [-0.15, -0.1) is 0 Å². The molecule has 154 valence electrons. The lowest BCUT2D eigenvalue weighted by Gasteiger charge is -2.10. The first kappa shape index (κ1) is 21.7. The Bertz CT molecular complexity index is 974. The van der Waals surface area contributed by atoms with Crippen LogP contribution in [0.4, 0.5) is 0 Å². The molecular formula is C22H25ClN2O3S. The Kier molecular flexibility index (Phi) is 7.98. The number of imidazole rings is 1. The highest BCUT2D eigenvalue weighted by Crippen LogP contribution is 2.30. The summed E-state index contributed by atoms with van der Waals surface area (Å²) in [5, 5.41) is 1.65. The van der Waals surface area contributed by atoms with Crippen LogP contribution < -0.4 is 0 Å². The van der Waals surface area contributed by atoms with Gasteiger partial charge in [-0.2, -0.15) is 0 Å². The van der Waals surface area contributed by atoms with Crippen molar-refractivity contribution in [2.45, 2.75) is 37.7 Å². The minimum atomic E-state index is -0.328. The quantitative estimate of drug-likeness (QED) is 0.237. The molecule has 0 aliphatic rings. The summed E-state index contributed by atoms with van der Waals surface area (Å²) in [4.78, 5) is 16.9. The third kappa shape index (κ3) is 5.53. The molecule has 0 bridgehead atoms. The van der Waals surface area contributed by atoms with Crippen molar-refractivity contribution in [3.63, 3.8) is 0 Å². The highest BCUT2D eigenvalue weighted by Gasteiger charge is 2.15. The molecule has 2 aromatic carbocycles. The topological polar surface area (TPSA) is 53.4 Å².